The van der Waals surface area contributed by atoms with Gasteiger partial charge < -0.3 is 15.0 Å². The number of piperidine rings is 1. The Morgan fingerprint density at radius 2 is 2.04 bits per heavy atom. The minimum atomic E-state index is -0.173. The number of hydrogen-bond donors (Lipinski definition) is 2. The summed E-state index contributed by atoms with van der Waals surface area (Å²) in [6.45, 7) is 3.09. The van der Waals surface area contributed by atoms with E-state index in [9.17, 15) is 4.79 Å². The van der Waals surface area contributed by atoms with E-state index in [2.05, 4.69) is 44.7 Å². The van der Waals surface area contributed by atoms with E-state index in [1.807, 2.05) is 0 Å². The molecule has 6 nitrogen and oxygen atoms in total. The average molecular weight is 389 g/mol. The summed E-state index contributed by atoms with van der Waals surface area (Å²) in [5.41, 5.74) is 2.05. The van der Waals surface area contributed by atoms with E-state index < -0.39 is 0 Å². The molecule has 1 aliphatic carbocycles. The number of carbonyl (C=O) groups excluding carboxylic acids is 1. The van der Waals surface area contributed by atoms with Crippen molar-refractivity contribution in [3.63, 3.8) is 0 Å². The van der Waals surface area contributed by atoms with Crippen molar-refractivity contribution in [2.75, 3.05) is 26.7 Å². The van der Waals surface area contributed by atoms with Gasteiger partial charge in [-0.15, -0.1) is 0 Å². The number of hydrogen-bond acceptors (Lipinski definition) is 4. The molecule has 2 heterocycles. The summed E-state index contributed by atoms with van der Waals surface area (Å²) in [5, 5.41) is 9.89. The Kier molecular flexibility index (Phi) is 5.10. The number of halogens is 1. The first-order valence-electron chi connectivity index (χ1n) is 9.46. The Labute approximate surface area is 164 Å². The van der Waals surface area contributed by atoms with Crippen LogP contribution in [0, 0.1) is 0 Å². The van der Waals surface area contributed by atoms with Gasteiger partial charge in [0.2, 0.25) is 0 Å². The van der Waals surface area contributed by atoms with Gasteiger partial charge in [0, 0.05) is 31.1 Å². The number of carbonyl (C=O) groups is 1. The number of likely N-dealkylation sites (tertiary alicyclic amines) is 1. The van der Waals surface area contributed by atoms with Gasteiger partial charge in [-0.3, -0.25) is 9.89 Å². The predicted molar refractivity (Wildman–Crippen MR) is 104 cm³/mol. The van der Waals surface area contributed by atoms with Crippen LogP contribution in [-0.2, 0) is 5.41 Å². The topological polar surface area (TPSA) is 70.2 Å². The molecule has 0 radical (unpaired) electrons. The lowest BCUT2D eigenvalue weighted by Crippen LogP contribution is -2.46. The first-order valence-corrected chi connectivity index (χ1v) is 9.84. The van der Waals surface area contributed by atoms with Crippen molar-refractivity contribution in [3.8, 4) is 5.75 Å². The molecule has 2 aliphatic rings. The minimum Gasteiger partial charge on any atom is -0.497 e. The van der Waals surface area contributed by atoms with Gasteiger partial charge in [0.1, 0.15) is 11.4 Å². The van der Waals surface area contributed by atoms with Crippen LogP contribution in [0.3, 0.4) is 0 Å². The van der Waals surface area contributed by atoms with E-state index in [4.69, 9.17) is 16.3 Å². The van der Waals surface area contributed by atoms with E-state index in [1.165, 1.54) is 24.6 Å². The second-order valence-electron chi connectivity index (χ2n) is 7.63. The Bertz CT molecular complexity index is 793. The highest BCUT2D eigenvalue weighted by atomic mass is 35.5. The number of H-pyrrole nitrogens is 1. The molecule has 0 bridgehead atoms. The lowest BCUT2D eigenvalue weighted by atomic mass is 9.93. The number of benzene rings is 1. The zero-order valence-electron chi connectivity index (χ0n) is 15.5. The standard InChI is InChI=1S/C20H25ClN4O2/c1-27-16-4-2-14(3-5-16)20(8-9-20)13-25-10-6-15(7-11-25)23-19(26)18-17(21)12-22-24-18/h2-5,12,15H,6-11,13H2,1H3,(H,22,24)(H,23,26). The largest absolute Gasteiger partial charge is 0.497 e. The van der Waals surface area contributed by atoms with E-state index in [1.54, 1.807) is 7.11 Å². The van der Waals surface area contributed by atoms with Crippen molar-refractivity contribution >= 4 is 17.5 Å². The monoisotopic (exact) mass is 388 g/mol. The quantitative estimate of drug-likeness (QED) is 0.798. The van der Waals surface area contributed by atoms with Crippen molar-refractivity contribution in [2.45, 2.75) is 37.1 Å². The van der Waals surface area contributed by atoms with Crippen molar-refractivity contribution in [1.29, 1.82) is 0 Å². The molecule has 1 aromatic heterocycles. The highest BCUT2D eigenvalue weighted by Gasteiger charge is 2.45. The highest BCUT2D eigenvalue weighted by molar-refractivity contribution is 6.33. The molecule has 2 aromatic rings. The molecule has 1 aromatic carbocycles. The molecule has 144 valence electrons. The predicted octanol–water partition coefficient (Wildman–Crippen LogP) is 3.00. The molecule has 4 rings (SSSR count). The summed E-state index contributed by atoms with van der Waals surface area (Å²) in [7, 11) is 1.70. The average Bonchev–Trinajstić information content (AvgIpc) is 3.34. The van der Waals surface area contributed by atoms with Crippen molar-refractivity contribution in [2.24, 2.45) is 0 Å². The first-order chi connectivity index (χ1) is 13.1. The number of methoxy groups -OCH3 is 1. The molecule has 27 heavy (non-hydrogen) atoms. The number of rotatable bonds is 6. The highest BCUT2D eigenvalue weighted by Crippen LogP contribution is 2.49. The molecule has 1 aliphatic heterocycles. The molecule has 1 saturated carbocycles. The van der Waals surface area contributed by atoms with Gasteiger partial charge in [-0.1, -0.05) is 23.7 Å². The summed E-state index contributed by atoms with van der Waals surface area (Å²) in [6, 6.07) is 8.69. The van der Waals surface area contributed by atoms with E-state index in [-0.39, 0.29) is 11.9 Å². The second-order valence-corrected chi connectivity index (χ2v) is 8.03. The van der Waals surface area contributed by atoms with Gasteiger partial charge in [-0.25, -0.2) is 0 Å². The smallest absolute Gasteiger partial charge is 0.271 e. The molecule has 7 heteroatoms. The SMILES string of the molecule is COc1ccc(C2(CN3CCC(NC(=O)c4[nH]ncc4Cl)CC3)CC2)cc1. The maximum atomic E-state index is 12.3. The third-order valence-corrected chi connectivity index (χ3v) is 6.11. The second kappa shape index (κ2) is 7.52. The Morgan fingerprint density at radius 1 is 1.33 bits per heavy atom. The van der Waals surface area contributed by atoms with Gasteiger partial charge in [0.15, 0.2) is 0 Å². The Morgan fingerprint density at radius 3 is 2.59 bits per heavy atom. The van der Waals surface area contributed by atoms with Gasteiger partial charge in [-0.05, 0) is 43.4 Å². The maximum Gasteiger partial charge on any atom is 0.271 e. The zero-order valence-corrected chi connectivity index (χ0v) is 16.3. The zero-order chi connectivity index (χ0) is 18.9. The van der Waals surface area contributed by atoms with Crippen LogP contribution in [0.25, 0.3) is 0 Å². The fourth-order valence-corrected chi connectivity index (χ4v) is 4.16. The van der Waals surface area contributed by atoms with Crippen molar-refractivity contribution < 1.29 is 9.53 Å². The Balaban J connectivity index is 1.29. The van der Waals surface area contributed by atoms with Crippen LogP contribution in [0.4, 0.5) is 0 Å². The number of nitrogens with one attached hydrogen (secondary N) is 2. The fraction of sp³-hybridized carbons (Fsp3) is 0.500. The minimum absolute atomic E-state index is 0.173. The van der Waals surface area contributed by atoms with Crippen LogP contribution in [0.1, 0.15) is 41.7 Å². The molecule has 2 fully saturated rings. The third kappa shape index (κ3) is 3.96. The Hall–Kier alpha value is -2.05. The number of aromatic nitrogens is 2. The van der Waals surface area contributed by atoms with Gasteiger partial charge >= 0.3 is 0 Å². The normalized spacial score (nSPS) is 19.6. The summed E-state index contributed by atoms with van der Waals surface area (Å²) >= 11 is 5.96. The van der Waals surface area contributed by atoms with E-state index >= 15 is 0 Å². The van der Waals surface area contributed by atoms with Crippen LogP contribution in [0.15, 0.2) is 30.5 Å². The molecule has 1 amide bonds. The van der Waals surface area contributed by atoms with Crippen LogP contribution in [0.5, 0.6) is 5.75 Å². The maximum absolute atomic E-state index is 12.3. The van der Waals surface area contributed by atoms with Crippen molar-refractivity contribution in [3.05, 3.63) is 46.7 Å². The number of nitrogens with zero attached hydrogens (tertiary/aromatic N) is 2. The summed E-state index contributed by atoms with van der Waals surface area (Å²) < 4.78 is 5.27. The summed E-state index contributed by atoms with van der Waals surface area (Å²) in [4.78, 5) is 14.8. The van der Waals surface area contributed by atoms with Crippen LogP contribution < -0.4 is 10.1 Å². The summed E-state index contributed by atoms with van der Waals surface area (Å²) in [6.07, 6.45) is 5.85. The molecule has 0 unspecified atom stereocenters. The van der Waals surface area contributed by atoms with Crippen LogP contribution in [-0.4, -0.2) is 53.8 Å². The van der Waals surface area contributed by atoms with Crippen molar-refractivity contribution in [1.82, 2.24) is 20.4 Å². The molecule has 2 N–H and O–H groups in total. The summed E-state index contributed by atoms with van der Waals surface area (Å²) in [5.74, 6) is 0.733. The van der Waals surface area contributed by atoms with Crippen LogP contribution >= 0.6 is 11.6 Å². The number of aromatic amines is 1. The molecule has 1 saturated heterocycles. The molecular weight excluding hydrogens is 364 g/mol. The van der Waals surface area contributed by atoms with Crippen LogP contribution in [0.2, 0.25) is 5.02 Å². The lowest BCUT2D eigenvalue weighted by molar-refractivity contribution is 0.0903. The molecule has 0 atom stereocenters. The lowest BCUT2D eigenvalue weighted by Gasteiger charge is -2.35. The van der Waals surface area contributed by atoms with Gasteiger partial charge in [0.05, 0.1) is 18.3 Å². The van der Waals surface area contributed by atoms with E-state index in [0.717, 1.165) is 38.2 Å². The van der Waals surface area contributed by atoms with E-state index in [0.29, 0.717) is 16.1 Å². The number of amides is 1. The van der Waals surface area contributed by atoms with Gasteiger partial charge in [-0.2, -0.15) is 5.10 Å². The first kappa shape index (κ1) is 18.3. The molecular formula is C20H25ClN4O2. The van der Waals surface area contributed by atoms with Gasteiger partial charge in [0.25, 0.3) is 5.91 Å². The number of ether oxygens (including phenoxy) is 1. The molecule has 0 spiro atoms. The third-order valence-electron chi connectivity index (χ3n) is 5.83. The fourth-order valence-electron chi connectivity index (χ4n) is 3.99.